The minimum Gasteiger partial charge on any atom is -0.480 e. The van der Waals surface area contributed by atoms with Gasteiger partial charge in [0.05, 0.1) is 7.11 Å². The predicted molar refractivity (Wildman–Crippen MR) is 64.4 cm³/mol. The quantitative estimate of drug-likeness (QED) is 0.732. The lowest BCUT2D eigenvalue weighted by Crippen LogP contribution is -2.58. The summed E-state index contributed by atoms with van der Waals surface area (Å²) in [6.07, 6.45) is 1.49. The molecule has 1 fully saturated rings. The van der Waals surface area contributed by atoms with Crippen LogP contribution in [0.2, 0.25) is 0 Å². The molecule has 0 radical (unpaired) electrons. The molecule has 2 heterocycles. The van der Waals surface area contributed by atoms with Crippen molar-refractivity contribution in [3.63, 3.8) is 0 Å². The fourth-order valence-electron chi connectivity index (χ4n) is 1.83. The Bertz CT molecular complexity index is 544. The molecule has 1 aromatic heterocycles. The Kier molecular flexibility index (Phi) is 3.46. The first-order chi connectivity index (χ1) is 9.04. The summed E-state index contributed by atoms with van der Waals surface area (Å²) in [5.41, 5.74) is 0.222. The molecule has 0 saturated carbocycles. The fraction of sp³-hybridized carbons (Fsp3) is 0.333. The van der Waals surface area contributed by atoms with E-state index in [0.29, 0.717) is 0 Å². The van der Waals surface area contributed by atoms with Crippen LogP contribution in [0.1, 0.15) is 17.3 Å². The van der Waals surface area contributed by atoms with Crippen LogP contribution in [-0.4, -0.2) is 47.3 Å². The van der Waals surface area contributed by atoms with Gasteiger partial charge in [-0.1, -0.05) is 0 Å². The Morgan fingerprint density at radius 1 is 1.53 bits per heavy atom. The van der Waals surface area contributed by atoms with Crippen molar-refractivity contribution < 1.29 is 19.1 Å². The highest BCUT2D eigenvalue weighted by Gasteiger charge is 2.35. The number of carbonyl (C=O) groups excluding carboxylic acids is 3. The largest absolute Gasteiger partial charge is 0.480 e. The number of pyridine rings is 1. The second-order valence-corrected chi connectivity index (χ2v) is 4.08. The van der Waals surface area contributed by atoms with E-state index in [1.807, 2.05) is 0 Å². The maximum Gasteiger partial charge on any atom is 0.260 e. The van der Waals surface area contributed by atoms with Crippen LogP contribution >= 0.6 is 0 Å². The molecule has 100 valence electrons. The molecule has 0 aliphatic carbocycles. The number of nitrogens with zero attached hydrogens (tertiary/aromatic N) is 2. The Labute approximate surface area is 109 Å². The molecule has 1 aliphatic heterocycles. The van der Waals surface area contributed by atoms with E-state index in [1.165, 1.54) is 24.3 Å². The van der Waals surface area contributed by atoms with Gasteiger partial charge in [0.1, 0.15) is 18.2 Å². The summed E-state index contributed by atoms with van der Waals surface area (Å²) in [4.78, 5) is 40.4. The van der Waals surface area contributed by atoms with E-state index in [1.54, 1.807) is 13.0 Å². The van der Waals surface area contributed by atoms with Gasteiger partial charge in [0.15, 0.2) is 0 Å². The van der Waals surface area contributed by atoms with Crippen LogP contribution in [0.3, 0.4) is 0 Å². The van der Waals surface area contributed by atoms with Crippen LogP contribution in [-0.2, 0) is 9.59 Å². The van der Waals surface area contributed by atoms with Crippen LogP contribution in [0.25, 0.3) is 0 Å². The number of methoxy groups -OCH3 is 1. The number of nitrogens with one attached hydrogen (secondary N) is 1. The third-order valence-electron chi connectivity index (χ3n) is 2.88. The van der Waals surface area contributed by atoms with Gasteiger partial charge in [0.25, 0.3) is 5.91 Å². The van der Waals surface area contributed by atoms with Crippen molar-refractivity contribution in [1.29, 1.82) is 0 Å². The summed E-state index contributed by atoms with van der Waals surface area (Å²) in [5, 5.41) is 2.18. The van der Waals surface area contributed by atoms with Gasteiger partial charge >= 0.3 is 0 Å². The molecule has 19 heavy (non-hydrogen) atoms. The number of rotatable bonds is 2. The molecule has 0 spiro atoms. The average Bonchev–Trinajstić information content (AvgIpc) is 2.42. The number of hydrogen-bond acceptors (Lipinski definition) is 5. The maximum absolute atomic E-state index is 12.4. The Morgan fingerprint density at radius 2 is 2.26 bits per heavy atom. The normalized spacial score (nSPS) is 19.1. The smallest absolute Gasteiger partial charge is 0.260 e. The summed E-state index contributed by atoms with van der Waals surface area (Å²) in [5.74, 6) is -1.29. The molecule has 1 N–H and O–H groups in total. The predicted octanol–water partition coefficient (Wildman–Crippen LogP) is -0.423. The fourth-order valence-corrected chi connectivity index (χ4v) is 1.83. The summed E-state index contributed by atoms with van der Waals surface area (Å²) in [6.45, 7) is 1.40. The Balaban J connectivity index is 2.32. The van der Waals surface area contributed by atoms with Crippen molar-refractivity contribution in [2.24, 2.45) is 0 Å². The van der Waals surface area contributed by atoms with Crippen LogP contribution in [0.5, 0.6) is 5.88 Å². The van der Waals surface area contributed by atoms with E-state index in [0.717, 1.165) is 0 Å². The van der Waals surface area contributed by atoms with Gasteiger partial charge in [-0.2, -0.15) is 0 Å². The van der Waals surface area contributed by atoms with Crippen molar-refractivity contribution in [3.8, 4) is 5.88 Å². The van der Waals surface area contributed by atoms with Crippen LogP contribution in [0, 0.1) is 0 Å². The van der Waals surface area contributed by atoms with Crippen LogP contribution in [0.15, 0.2) is 18.3 Å². The molecule has 7 nitrogen and oxygen atoms in total. The monoisotopic (exact) mass is 263 g/mol. The molecular formula is C12H13N3O4. The lowest BCUT2D eigenvalue weighted by Gasteiger charge is -2.31. The zero-order chi connectivity index (χ0) is 14.0. The SMILES string of the molecule is COc1ncccc1C(=O)N1CC(=O)NC(=O)C1C. The lowest BCUT2D eigenvalue weighted by molar-refractivity contribution is -0.138. The number of aromatic nitrogens is 1. The lowest BCUT2D eigenvalue weighted by atomic mass is 10.1. The molecule has 0 aromatic carbocycles. The topological polar surface area (TPSA) is 88.6 Å². The van der Waals surface area contributed by atoms with Gasteiger partial charge in [0, 0.05) is 6.20 Å². The third-order valence-corrected chi connectivity index (χ3v) is 2.88. The highest BCUT2D eigenvalue weighted by molar-refractivity contribution is 6.07. The molecular weight excluding hydrogens is 250 g/mol. The minimum absolute atomic E-state index is 0.163. The van der Waals surface area contributed by atoms with Gasteiger partial charge in [0.2, 0.25) is 17.7 Å². The summed E-state index contributed by atoms with van der Waals surface area (Å²) in [7, 11) is 1.40. The zero-order valence-corrected chi connectivity index (χ0v) is 10.5. The number of piperazine rings is 1. The molecule has 1 saturated heterocycles. The van der Waals surface area contributed by atoms with Crippen molar-refractivity contribution >= 4 is 17.7 Å². The molecule has 1 aromatic rings. The maximum atomic E-state index is 12.4. The van der Waals surface area contributed by atoms with Crippen molar-refractivity contribution in [3.05, 3.63) is 23.9 Å². The average molecular weight is 263 g/mol. The molecule has 1 unspecified atom stereocenters. The number of ether oxygens (including phenoxy) is 1. The van der Waals surface area contributed by atoms with E-state index < -0.39 is 23.8 Å². The Hall–Kier alpha value is -2.44. The van der Waals surface area contributed by atoms with Crippen molar-refractivity contribution in [1.82, 2.24) is 15.2 Å². The second-order valence-electron chi connectivity index (χ2n) is 4.08. The number of carbonyl (C=O) groups is 3. The summed E-state index contributed by atoms with van der Waals surface area (Å²) in [6, 6.07) is 2.42. The van der Waals surface area contributed by atoms with E-state index in [-0.39, 0.29) is 18.0 Å². The number of imide groups is 1. The van der Waals surface area contributed by atoms with Gasteiger partial charge in [-0.25, -0.2) is 4.98 Å². The van der Waals surface area contributed by atoms with Crippen molar-refractivity contribution in [2.45, 2.75) is 13.0 Å². The van der Waals surface area contributed by atoms with Gasteiger partial charge in [-0.3, -0.25) is 19.7 Å². The molecule has 3 amide bonds. The van der Waals surface area contributed by atoms with Gasteiger partial charge in [-0.05, 0) is 19.1 Å². The third kappa shape index (κ3) is 2.40. The first-order valence-electron chi connectivity index (χ1n) is 5.68. The van der Waals surface area contributed by atoms with Crippen LogP contribution < -0.4 is 10.1 Å². The van der Waals surface area contributed by atoms with Gasteiger partial charge < -0.3 is 9.64 Å². The van der Waals surface area contributed by atoms with E-state index in [4.69, 9.17) is 4.74 Å². The Morgan fingerprint density at radius 3 is 2.95 bits per heavy atom. The molecule has 1 atom stereocenters. The number of amides is 3. The van der Waals surface area contributed by atoms with E-state index in [9.17, 15) is 14.4 Å². The first kappa shape index (κ1) is 13.0. The zero-order valence-electron chi connectivity index (χ0n) is 10.5. The summed E-state index contributed by atoms with van der Waals surface area (Å²) >= 11 is 0. The summed E-state index contributed by atoms with van der Waals surface area (Å²) < 4.78 is 5.00. The highest BCUT2D eigenvalue weighted by atomic mass is 16.5. The van der Waals surface area contributed by atoms with Gasteiger partial charge in [-0.15, -0.1) is 0 Å². The first-order valence-corrected chi connectivity index (χ1v) is 5.68. The molecule has 0 bridgehead atoms. The molecule has 1 aliphatic rings. The molecule has 7 heteroatoms. The van der Waals surface area contributed by atoms with E-state index in [2.05, 4.69) is 10.3 Å². The highest BCUT2D eigenvalue weighted by Crippen LogP contribution is 2.18. The van der Waals surface area contributed by atoms with Crippen LogP contribution in [0.4, 0.5) is 0 Å². The number of hydrogen-bond donors (Lipinski definition) is 1. The standard InChI is InChI=1S/C12H13N3O4/c1-7-10(17)14-9(16)6-15(7)12(18)8-4-3-5-13-11(8)19-2/h3-5,7H,6H2,1-2H3,(H,14,16,17). The van der Waals surface area contributed by atoms with E-state index >= 15 is 0 Å². The minimum atomic E-state index is -0.713. The molecule has 2 rings (SSSR count). The second kappa shape index (κ2) is 5.05. The van der Waals surface area contributed by atoms with Crippen molar-refractivity contribution in [2.75, 3.05) is 13.7 Å².